The molecule has 2 aliphatic heterocycles. The molecule has 0 aromatic heterocycles. The number of para-hydroxylation sites is 1. The lowest BCUT2D eigenvalue weighted by Gasteiger charge is -2.25. The Balaban J connectivity index is 1.90. The molecule has 0 saturated heterocycles. The first kappa shape index (κ1) is 15.2. The minimum Gasteiger partial charge on any atom is -0.350 e. The van der Waals surface area contributed by atoms with Crippen LogP contribution in [0.1, 0.15) is 31.9 Å². The molecule has 0 radical (unpaired) electrons. The summed E-state index contributed by atoms with van der Waals surface area (Å²) in [6, 6.07) is 15.0. The summed E-state index contributed by atoms with van der Waals surface area (Å²) in [5.74, 6) is 0. The average Bonchev–Trinajstić information content (AvgIpc) is 2.74. The van der Waals surface area contributed by atoms with Crippen molar-refractivity contribution in [2.45, 2.75) is 37.6 Å². The maximum atomic E-state index is 6.29. The second-order valence-electron chi connectivity index (χ2n) is 7.24. The van der Waals surface area contributed by atoms with Gasteiger partial charge < -0.3 is 4.90 Å². The minimum atomic E-state index is 0.105. The molecule has 3 heteroatoms. The Kier molecular flexibility index (Phi) is 3.51. The summed E-state index contributed by atoms with van der Waals surface area (Å²) in [7, 11) is 0. The second kappa shape index (κ2) is 5.32. The van der Waals surface area contributed by atoms with Gasteiger partial charge in [-0.2, -0.15) is 0 Å². The molecule has 118 valence electrons. The summed E-state index contributed by atoms with van der Waals surface area (Å²) < 4.78 is 0. The highest BCUT2D eigenvalue weighted by Gasteiger charge is 2.34. The normalized spacial score (nSPS) is 19.6. The number of thioether (sulfide) groups is 1. The molecule has 0 N–H and O–H groups in total. The van der Waals surface area contributed by atoms with Gasteiger partial charge in [-0.15, -0.1) is 0 Å². The number of rotatable bonds is 0. The summed E-state index contributed by atoms with van der Waals surface area (Å²) in [5.41, 5.74) is 5.51. The number of halogens is 1. The van der Waals surface area contributed by atoms with Crippen molar-refractivity contribution in [2.24, 2.45) is 5.41 Å². The van der Waals surface area contributed by atoms with Crippen molar-refractivity contribution in [1.82, 2.24) is 0 Å². The summed E-state index contributed by atoms with van der Waals surface area (Å²) in [6.07, 6.45) is 2.45. The predicted molar refractivity (Wildman–Crippen MR) is 101 cm³/mol. The lowest BCUT2D eigenvalue weighted by molar-refractivity contribution is 0.565. The van der Waals surface area contributed by atoms with E-state index in [9.17, 15) is 0 Å². The highest BCUT2D eigenvalue weighted by atomic mass is 35.5. The third-order valence-corrected chi connectivity index (χ3v) is 6.01. The van der Waals surface area contributed by atoms with Crippen molar-refractivity contribution in [1.29, 1.82) is 0 Å². The molecule has 0 bridgehead atoms. The number of nitrogens with zero attached hydrogens (tertiary/aromatic N) is 1. The number of allylic oxidation sites excluding steroid dienone is 1. The van der Waals surface area contributed by atoms with E-state index in [4.69, 9.17) is 11.6 Å². The molecule has 1 nitrogen and oxygen atoms in total. The van der Waals surface area contributed by atoms with Crippen LogP contribution < -0.4 is 4.90 Å². The Morgan fingerprint density at radius 3 is 2.70 bits per heavy atom. The first-order chi connectivity index (χ1) is 10.9. The fourth-order valence-electron chi connectivity index (χ4n) is 3.45. The van der Waals surface area contributed by atoms with Gasteiger partial charge in [0.1, 0.15) is 0 Å². The molecule has 2 aromatic carbocycles. The van der Waals surface area contributed by atoms with Crippen LogP contribution in [0, 0.1) is 5.41 Å². The molecule has 0 saturated carbocycles. The van der Waals surface area contributed by atoms with Crippen molar-refractivity contribution in [3.63, 3.8) is 0 Å². The van der Waals surface area contributed by atoms with Crippen molar-refractivity contribution in [2.75, 3.05) is 4.90 Å². The molecule has 2 heterocycles. The minimum absolute atomic E-state index is 0.105. The summed E-state index contributed by atoms with van der Waals surface area (Å²) in [6.45, 7) is 7.78. The number of hydrogen-bond donors (Lipinski definition) is 0. The molecule has 0 spiro atoms. The van der Waals surface area contributed by atoms with E-state index in [0.29, 0.717) is 5.37 Å². The van der Waals surface area contributed by atoms with Gasteiger partial charge in [0, 0.05) is 16.5 Å². The van der Waals surface area contributed by atoms with E-state index in [1.54, 1.807) is 0 Å². The van der Waals surface area contributed by atoms with E-state index in [1.807, 2.05) is 17.8 Å². The van der Waals surface area contributed by atoms with E-state index in [-0.39, 0.29) is 5.41 Å². The third-order valence-electron chi connectivity index (χ3n) is 4.54. The molecule has 0 fully saturated rings. The van der Waals surface area contributed by atoms with Crippen molar-refractivity contribution < 1.29 is 0 Å². The Morgan fingerprint density at radius 1 is 1.13 bits per heavy atom. The largest absolute Gasteiger partial charge is 0.350 e. The van der Waals surface area contributed by atoms with Crippen LogP contribution in [-0.2, 0) is 6.54 Å². The van der Waals surface area contributed by atoms with Crippen molar-refractivity contribution in [3.05, 3.63) is 64.7 Å². The number of hydrogen-bond acceptors (Lipinski definition) is 2. The van der Waals surface area contributed by atoms with Gasteiger partial charge in [-0.1, -0.05) is 62.3 Å². The van der Waals surface area contributed by atoms with Crippen LogP contribution in [0.5, 0.6) is 0 Å². The van der Waals surface area contributed by atoms with E-state index in [2.05, 4.69) is 68.1 Å². The lowest BCUT2D eigenvalue weighted by atomic mass is 9.80. The zero-order valence-corrected chi connectivity index (χ0v) is 15.2. The number of benzene rings is 2. The van der Waals surface area contributed by atoms with Crippen LogP contribution in [0.15, 0.2) is 53.4 Å². The molecule has 4 rings (SSSR count). The SMILES string of the molecule is CC(C)(C)C1=CC2Sc3ccccc3N2Cc2cc(Cl)ccc21. The standard InChI is InChI=1S/C20H20ClNS/c1-20(2,3)16-11-19-22(17-6-4-5-7-18(17)23-19)12-13-10-14(21)8-9-15(13)16/h4-11,19H,12H2,1-3H3. The van der Waals surface area contributed by atoms with Gasteiger partial charge in [0.25, 0.3) is 0 Å². The van der Waals surface area contributed by atoms with Gasteiger partial charge in [0.15, 0.2) is 0 Å². The zero-order chi connectivity index (χ0) is 16.2. The van der Waals surface area contributed by atoms with E-state index in [1.165, 1.54) is 27.3 Å². The molecule has 2 aromatic rings. The first-order valence-corrected chi connectivity index (χ1v) is 9.23. The topological polar surface area (TPSA) is 3.24 Å². The molecule has 2 aliphatic rings. The zero-order valence-electron chi connectivity index (χ0n) is 13.6. The van der Waals surface area contributed by atoms with E-state index in [0.717, 1.165) is 11.6 Å². The van der Waals surface area contributed by atoms with Crippen LogP contribution in [0.2, 0.25) is 5.02 Å². The summed E-state index contributed by atoms with van der Waals surface area (Å²) >= 11 is 8.24. The fourth-order valence-corrected chi connectivity index (χ4v) is 4.89. The molecule has 0 aliphatic carbocycles. The van der Waals surface area contributed by atoms with E-state index >= 15 is 0 Å². The Morgan fingerprint density at radius 2 is 1.91 bits per heavy atom. The maximum absolute atomic E-state index is 6.29. The van der Waals surface area contributed by atoms with Crippen LogP contribution in [-0.4, -0.2) is 5.37 Å². The van der Waals surface area contributed by atoms with Gasteiger partial charge in [0.05, 0.1) is 11.1 Å². The Labute approximate surface area is 147 Å². The number of fused-ring (bicyclic) bond motifs is 4. The molecule has 1 unspecified atom stereocenters. The molecule has 1 atom stereocenters. The smallest absolute Gasteiger partial charge is 0.0992 e. The van der Waals surface area contributed by atoms with Gasteiger partial charge in [-0.05, 0) is 52.5 Å². The summed E-state index contributed by atoms with van der Waals surface area (Å²) in [4.78, 5) is 3.86. The second-order valence-corrected chi connectivity index (χ2v) is 8.83. The Hall–Kier alpha value is -1.38. The van der Waals surface area contributed by atoms with Gasteiger partial charge in [-0.25, -0.2) is 0 Å². The van der Waals surface area contributed by atoms with E-state index < -0.39 is 0 Å². The molecular weight excluding hydrogens is 322 g/mol. The molecular formula is C20H20ClNS. The highest BCUT2D eigenvalue weighted by Crippen LogP contribution is 2.49. The number of anilines is 1. The van der Waals surface area contributed by atoms with Crippen LogP contribution in [0.4, 0.5) is 5.69 Å². The van der Waals surface area contributed by atoms with Crippen molar-refractivity contribution >= 4 is 34.6 Å². The lowest BCUT2D eigenvalue weighted by Crippen LogP contribution is -2.26. The molecule has 23 heavy (non-hydrogen) atoms. The van der Waals surface area contributed by atoms with Gasteiger partial charge in [0.2, 0.25) is 0 Å². The van der Waals surface area contributed by atoms with Crippen molar-refractivity contribution in [3.8, 4) is 0 Å². The fraction of sp³-hybridized carbons (Fsp3) is 0.300. The monoisotopic (exact) mass is 341 g/mol. The first-order valence-electron chi connectivity index (χ1n) is 7.97. The average molecular weight is 342 g/mol. The molecule has 0 amide bonds. The van der Waals surface area contributed by atoms with Crippen LogP contribution in [0.3, 0.4) is 0 Å². The van der Waals surface area contributed by atoms with Crippen LogP contribution in [0.25, 0.3) is 5.57 Å². The van der Waals surface area contributed by atoms with Gasteiger partial charge >= 0.3 is 0 Å². The van der Waals surface area contributed by atoms with Gasteiger partial charge in [-0.3, -0.25) is 0 Å². The third kappa shape index (κ3) is 2.58. The maximum Gasteiger partial charge on any atom is 0.0992 e. The Bertz CT molecular complexity index is 804. The quantitative estimate of drug-likeness (QED) is 0.559. The predicted octanol–water partition coefficient (Wildman–Crippen LogP) is 6.22. The highest BCUT2D eigenvalue weighted by molar-refractivity contribution is 8.00. The summed E-state index contributed by atoms with van der Waals surface area (Å²) in [5, 5.41) is 1.17. The van der Waals surface area contributed by atoms with Crippen LogP contribution >= 0.6 is 23.4 Å².